The topological polar surface area (TPSA) is 85.5 Å². The van der Waals surface area contributed by atoms with E-state index in [-0.39, 0.29) is 23.9 Å². The minimum absolute atomic E-state index is 0.00609. The van der Waals surface area contributed by atoms with Crippen LogP contribution in [0.2, 0.25) is 0 Å². The Bertz CT molecular complexity index is 381. The highest BCUT2D eigenvalue weighted by Gasteiger charge is 2.31. The van der Waals surface area contributed by atoms with Crippen molar-refractivity contribution in [2.24, 2.45) is 17.4 Å². The van der Waals surface area contributed by atoms with Crippen LogP contribution in [0.5, 0.6) is 0 Å². The van der Waals surface area contributed by atoms with E-state index in [0.717, 1.165) is 31.7 Å². The molecular formula is C13H21N3O2. The van der Waals surface area contributed by atoms with Gasteiger partial charge in [0.15, 0.2) is 0 Å². The zero-order valence-electron chi connectivity index (χ0n) is 10.7. The first-order valence-corrected chi connectivity index (χ1v) is 6.42. The van der Waals surface area contributed by atoms with E-state index in [0.29, 0.717) is 0 Å². The van der Waals surface area contributed by atoms with Gasteiger partial charge < -0.3 is 15.9 Å². The molecule has 1 amide bonds. The summed E-state index contributed by atoms with van der Waals surface area (Å²) in [6.07, 6.45) is 3.28. The molecule has 0 bridgehead atoms. The molecule has 1 aromatic rings. The Morgan fingerprint density at radius 3 is 2.61 bits per heavy atom. The van der Waals surface area contributed by atoms with Gasteiger partial charge in [-0.3, -0.25) is 9.69 Å². The monoisotopic (exact) mass is 251 g/mol. The summed E-state index contributed by atoms with van der Waals surface area (Å²) in [4.78, 5) is 13.4. The molecule has 0 aliphatic carbocycles. The molecule has 100 valence electrons. The molecule has 1 saturated heterocycles. The molecule has 2 rings (SSSR count). The number of primary amides is 1. The molecule has 2 atom stereocenters. The minimum Gasteiger partial charge on any atom is -0.468 e. The molecule has 1 aliphatic heterocycles. The summed E-state index contributed by atoms with van der Waals surface area (Å²) in [5, 5.41) is 0. The molecule has 1 aromatic heterocycles. The van der Waals surface area contributed by atoms with Crippen molar-refractivity contribution in [2.75, 3.05) is 13.1 Å². The quantitative estimate of drug-likeness (QED) is 0.831. The van der Waals surface area contributed by atoms with Crippen molar-refractivity contribution in [1.82, 2.24) is 4.90 Å². The molecule has 2 heterocycles. The Hall–Kier alpha value is -1.33. The lowest BCUT2D eigenvalue weighted by atomic mass is 9.93. The highest BCUT2D eigenvalue weighted by molar-refractivity contribution is 5.76. The van der Waals surface area contributed by atoms with Gasteiger partial charge in [-0.2, -0.15) is 0 Å². The number of nitrogens with zero attached hydrogens (tertiary/aromatic N) is 1. The van der Waals surface area contributed by atoms with Gasteiger partial charge in [-0.15, -0.1) is 0 Å². The van der Waals surface area contributed by atoms with Crippen molar-refractivity contribution in [3.63, 3.8) is 0 Å². The first-order valence-electron chi connectivity index (χ1n) is 6.42. The first kappa shape index (κ1) is 13.1. The Morgan fingerprint density at radius 2 is 2.17 bits per heavy atom. The normalized spacial score (nSPS) is 21.7. The van der Waals surface area contributed by atoms with Crippen molar-refractivity contribution in [3.05, 3.63) is 24.2 Å². The number of amides is 1. The fraction of sp³-hybridized carbons (Fsp3) is 0.615. The van der Waals surface area contributed by atoms with Gasteiger partial charge in [0.05, 0.1) is 12.3 Å². The van der Waals surface area contributed by atoms with Crippen LogP contribution >= 0.6 is 0 Å². The molecule has 0 saturated carbocycles. The van der Waals surface area contributed by atoms with Gasteiger partial charge >= 0.3 is 0 Å². The summed E-state index contributed by atoms with van der Waals surface area (Å²) in [7, 11) is 0. The van der Waals surface area contributed by atoms with Crippen LogP contribution in [-0.2, 0) is 4.79 Å². The number of nitrogens with two attached hydrogens (primary N) is 2. The molecule has 0 radical (unpaired) electrons. The number of piperidine rings is 1. The number of carbonyl (C=O) groups is 1. The molecule has 4 N–H and O–H groups in total. The zero-order chi connectivity index (χ0) is 13.1. The van der Waals surface area contributed by atoms with Crippen molar-refractivity contribution in [1.29, 1.82) is 0 Å². The van der Waals surface area contributed by atoms with Crippen LogP contribution in [0.25, 0.3) is 0 Å². The summed E-state index contributed by atoms with van der Waals surface area (Å²) in [5.41, 5.74) is 11.4. The molecular weight excluding hydrogens is 230 g/mol. The predicted molar refractivity (Wildman–Crippen MR) is 68.6 cm³/mol. The number of hydrogen-bond acceptors (Lipinski definition) is 4. The number of likely N-dealkylation sites (tertiary alicyclic amines) is 1. The number of furan rings is 1. The summed E-state index contributed by atoms with van der Waals surface area (Å²) < 4.78 is 5.47. The molecule has 1 aliphatic rings. The van der Waals surface area contributed by atoms with Gasteiger partial charge in [0, 0.05) is 12.0 Å². The Balaban J connectivity index is 2.04. The lowest BCUT2D eigenvalue weighted by molar-refractivity contribution is -0.123. The average Bonchev–Trinajstić information content (AvgIpc) is 2.83. The largest absolute Gasteiger partial charge is 0.468 e. The maximum Gasteiger partial charge on any atom is 0.220 e. The van der Waals surface area contributed by atoms with Gasteiger partial charge in [-0.05, 0) is 45.0 Å². The van der Waals surface area contributed by atoms with Gasteiger partial charge in [-0.1, -0.05) is 0 Å². The Labute approximate surface area is 107 Å². The lowest BCUT2D eigenvalue weighted by Gasteiger charge is -2.37. The first-order chi connectivity index (χ1) is 8.59. The van der Waals surface area contributed by atoms with Crippen molar-refractivity contribution in [2.45, 2.75) is 31.8 Å². The van der Waals surface area contributed by atoms with Crippen LogP contribution < -0.4 is 11.5 Å². The number of rotatable bonds is 4. The molecule has 0 aromatic carbocycles. The van der Waals surface area contributed by atoms with Crippen LogP contribution in [0.1, 0.15) is 31.6 Å². The third kappa shape index (κ3) is 2.73. The number of carbonyl (C=O) groups excluding carboxylic acids is 1. The molecule has 18 heavy (non-hydrogen) atoms. The second-order valence-corrected chi connectivity index (χ2v) is 5.03. The SMILES string of the molecule is CC(N)C(c1ccco1)N1CCC(C(N)=O)CC1. The highest BCUT2D eigenvalue weighted by atomic mass is 16.3. The van der Waals surface area contributed by atoms with Crippen LogP contribution in [0, 0.1) is 5.92 Å². The van der Waals surface area contributed by atoms with Crippen LogP contribution in [0.15, 0.2) is 22.8 Å². The van der Waals surface area contributed by atoms with Gasteiger partial charge in [-0.25, -0.2) is 0 Å². The maximum absolute atomic E-state index is 11.2. The molecule has 5 heteroatoms. The molecule has 0 spiro atoms. The van der Waals surface area contributed by atoms with E-state index in [9.17, 15) is 4.79 Å². The minimum atomic E-state index is -0.190. The van der Waals surface area contributed by atoms with Gasteiger partial charge in [0.2, 0.25) is 5.91 Å². The smallest absolute Gasteiger partial charge is 0.220 e. The van der Waals surface area contributed by atoms with E-state index >= 15 is 0 Å². The molecule has 5 nitrogen and oxygen atoms in total. The van der Waals surface area contributed by atoms with Crippen molar-refractivity contribution >= 4 is 5.91 Å². The van der Waals surface area contributed by atoms with Gasteiger partial charge in [0.25, 0.3) is 0 Å². The fourth-order valence-corrected chi connectivity index (χ4v) is 2.69. The van der Waals surface area contributed by atoms with E-state index < -0.39 is 0 Å². The third-order valence-electron chi connectivity index (χ3n) is 3.66. The van der Waals surface area contributed by atoms with Gasteiger partial charge in [0.1, 0.15) is 5.76 Å². The van der Waals surface area contributed by atoms with E-state index in [1.54, 1.807) is 6.26 Å². The fourth-order valence-electron chi connectivity index (χ4n) is 2.69. The zero-order valence-corrected chi connectivity index (χ0v) is 10.7. The second kappa shape index (κ2) is 5.54. The average molecular weight is 251 g/mol. The summed E-state index contributed by atoms with van der Waals surface area (Å²) in [6, 6.07) is 3.89. The van der Waals surface area contributed by atoms with Crippen molar-refractivity contribution < 1.29 is 9.21 Å². The van der Waals surface area contributed by atoms with E-state index in [2.05, 4.69) is 4.90 Å². The third-order valence-corrected chi connectivity index (χ3v) is 3.66. The van der Waals surface area contributed by atoms with Crippen LogP contribution in [0.3, 0.4) is 0 Å². The second-order valence-electron chi connectivity index (χ2n) is 5.03. The van der Waals surface area contributed by atoms with E-state index in [1.807, 2.05) is 19.1 Å². The van der Waals surface area contributed by atoms with Crippen LogP contribution in [-0.4, -0.2) is 29.9 Å². The summed E-state index contributed by atoms with van der Waals surface area (Å²) >= 11 is 0. The summed E-state index contributed by atoms with van der Waals surface area (Å²) in [6.45, 7) is 3.65. The number of hydrogen-bond donors (Lipinski definition) is 2. The molecule has 1 fully saturated rings. The summed E-state index contributed by atoms with van der Waals surface area (Å²) in [5.74, 6) is 0.708. The standard InChI is InChI=1S/C13H21N3O2/c1-9(14)12(11-3-2-8-18-11)16-6-4-10(5-7-16)13(15)17/h2-3,8-10,12H,4-7,14H2,1H3,(H2,15,17). The van der Waals surface area contributed by atoms with Crippen LogP contribution in [0.4, 0.5) is 0 Å². The highest BCUT2D eigenvalue weighted by Crippen LogP contribution is 2.28. The van der Waals surface area contributed by atoms with E-state index in [4.69, 9.17) is 15.9 Å². The van der Waals surface area contributed by atoms with Crippen molar-refractivity contribution in [3.8, 4) is 0 Å². The Morgan fingerprint density at radius 1 is 1.50 bits per heavy atom. The maximum atomic E-state index is 11.2. The molecule has 2 unspecified atom stereocenters. The Kier molecular flexibility index (Phi) is 4.04. The lowest BCUT2D eigenvalue weighted by Crippen LogP contribution is -2.45. The predicted octanol–water partition coefficient (Wildman–Crippen LogP) is 0.865. The van der Waals surface area contributed by atoms with E-state index in [1.165, 1.54) is 0 Å².